The van der Waals surface area contributed by atoms with Crippen LogP contribution in [0.15, 0.2) is 35.5 Å². The van der Waals surface area contributed by atoms with Crippen molar-refractivity contribution in [1.29, 1.82) is 0 Å². The Morgan fingerprint density at radius 3 is 2.92 bits per heavy atom. The van der Waals surface area contributed by atoms with E-state index in [-0.39, 0.29) is 11.9 Å². The second-order valence-corrected chi connectivity index (χ2v) is 7.32. The number of thioether (sulfide) groups is 1. The first-order valence-electron chi connectivity index (χ1n) is 8.26. The Hall–Kier alpha value is -2.41. The highest BCUT2D eigenvalue weighted by Gasteiger charge is 2.30. The lowest BCUT2D eigenvalue weighted by atomic mass is 10.1. The van der Waals surface area contributed by atoms with Crippen LogP contribution in [-0.2, 0) is 11.2 Å². The summed E-state index contributed by atoms with van der Waals surface area (Å²) in [6, 6.07) is 10.3. The van der Waals surface area contributed by atoms with Gasteiger partial charge in [-0.1, -0.05) is 30.0 Å². The first-order chi connectivity index (χ1) is 12.0. The molecule has 0 N–H and O–H groups in total. The number of para-hydroxylation sites is 1. The van der Waals surface area contributed by atoms with Gasteiger partial charge in [0.05, 0.1) is 5.75 Å². The SMILES string of the molecule is Cc1cc(C)n2nc(SCC(=O)N3c4ccccc4CC3C)nc2n1. The molecule has 1 atom stereocenters. The van der Waals surface area contributed by atoms with Gasteiger partial charge in [-0.3, -0.25) is 4.79 Å². The van der Waals surface area contributed by atoms with E-state index in [0.29, 0.717) is 16.7 Å². The Morgan fingerprint density at radius 1 is 1.28 bits per heavy atom. The molecule has 0 aliphatic carbocycles. The van der Waals surface area contributed by atoms with Crippen molar-refractivity contribution >= 4 is 29.1 Å². The maximum atomic E-state index is 12.8. The topological polar surface area (TPSA) is 63.4 Å². The highest BCUT2D eigenvalue weighted by atomic mass is 32.2. The van der Waals surface area contributed by atoms with Crippen LogP contribution in [0.25, 0.3) is 5.78 Å². The third-order valence-corrected chi connectivity index (χ3v) is 5.22. The number of carbonyl (C=O) groups is 1. The van der Waals surface area contributed by atoms with Crippen LogP contribution in [0.2, 0.25) is 0 Å². The summed E-state index contributed by atoms with van der Waals surface area (Å²) >= 11 is 1.36. The Morgan fingerprint density at radius 2 is 2.08 bits per heavy atom. The lowest BCUT2D eigenvalue weighted by Crippen LogP contribution is -2.37. The van der Waals surface area contributed by atoms with Crippen LogP contribution in [0.4, 0.5) is 5.69 Å². The molecule has 3 heterocycles. The van der Waals surface area contributed by atoms with Crippen LogP contribution in [0, 0.1) is 13.8 Å². The van der Waals surface area contributed by atoms with Gasteiger partial charge in [0.25, 0.3) is 5.78 Å². The highest BCUT2D eigenvalue weighted by Crippen LogP contribution is 2.32. The standard InChI is InChI=1S/C18H19N5OS/c1-11-8-13(3)23-17(19-11)20-18(21-23)25-10-16(24)22-12(2)9-14-6-4-5-7-15(14)22/h4-8,12H,9-10H2,1-3H3. The average molecular weight is 353 g/mol. The molecule has 1 aliphatic rings. The zero-order valence-electron chi connectivity index (χ0n) is 14.4. The molecular weight excluding hydrogens is 334 g/mol. The molecule has 1 amide bonds. The number of rotatable bonds is 3. The van der Waals surface area contributed by atoms with E-state index < -0.39 is 0 Å². The zero-order valence-corrected chi connectivity index (χ0v) is 15.2. The summed E-state index contributed by atoms with van der Waals surface area (Å²) in [5.41, 5.74) is 4.15. The van der Waals surface area contributed by atoms with Crippen molar-refractivity contribution in [3.63, 3.8) is 0 Å². The van der Waals surface area contributed by atoms with Crippen LogP contribution in [0.5, 0.6) is 0 Å². The van der Waals surface area contributed by atoms with Gasteiger partial charge in [0, 0.05) is 23.1 Å². The van der Waals surface area contributed by atoms with Crippen LogP contribution >= 0.6 is 11.8 Å². The number of fused-ring (bicyclic) bond motifs is 2. The predicted molar refractivity (Wildman–Crippen MR) is 98.1 cm³/mol. The Bertz CT molecular complexity index is 967. The van der Waals surface area contributed by atoms with E-state index >= 15 is 0 Å². The van der Waals surface area contributed by atoms with Gasteiger partial charge >= 0.3 is 0 Å². The van der Waals surface area contributed by atoms with Crippen molar-refractivity contribution in [3.8, 4) is 0 Å². The quantitative estimate of drug-likeness (QED) is 0.678. The van der Waals surface area contributed by atoms with Crippen LogP contribution < -0.4 is 4.90 Å². The predicted octanol–water partition coefficient (Wildman–Crippen LogP) is 2.81. The summed E-state index contributed by atoms with van der Waals surface area (Å²) < 4.78 is 1.72. The number of anilines is 1. The number of aryl methyl sites for hydroxylation is 2. The minimum atomic E-state index is 0.0853. The van der Waals surface area contributed by atoms with Crippen molar-refractivity contribution < 1.29 is 4.79 Å². The summed E-state index contributed by atoms with van der Waals surface area (Å²) in [6.45, 7) is 5.99. The zero-order chi connectivity index (χ0) is 17.6. The molecule has 0 radical (unpaired) electrons. The van der Waals surface area contributed by atoms with Gasteiger partial charge < -0.3 is 4.90 Å². The fourth-order valence-corrected chi connectivity index (χ4v) is 4.03. The van der Waals surface area contributed by atoms with Gasteiger partial charge in [0.1, 0.15) is 0 Å². The summed E-state index contributed by atoms with van der Waals surface area (Å²) in [6.07, 6.45) is 0.904. The van der Waals surface area contributed by atoms with Gasteiger partial charge in [0.15, 0.2) is 0 Å². The molecule has 0 saturated carbocycles. The molecule has 2 aromatic heterocycles. The number of carbonyl (C=O) groups excluding carboxylic acids is 1. The number of amides is 1. The molecule has 128 valence electrons. The highest BCUT2D eigenvalue weighted by molar-refractivity contribution is 7.99. The first-order valence-corrected chi connectivity index (χ1v) is 9.25. The minimum Gasteiger partial charge on any atom is -0.308 e. The summed E-state index contributed by atoms with van der Waals surface area (Å²) in [7, 11) is 0. The Balaban J connectivity index is 1.52. The second-order valence-electron chi connectivity index (χ2n) is 6.38. The molecule has 0 fully saturated rings. The van der Waals surface area contributed by atoms with E-state index in [2.05, 4.69) is 28.1 Å². The second kappa shape index (κ2) is 6.15. The molecule has 3 aromatic rings. The molecule has 25 heavy (non-hydrogen) atoms. The summed E-state index contributed by atoms with van der Waals surface area (Å²) in [5.74, 6) is 0.975. The van der Waals surface area contributed by atoms with Crippen molar-refractivity contribution in [3.05, 3.63) is 47.3 Å². The van der Waals surface area contributed by atoms with Gasteiger partial charge in [0.2, 0.25) is 11.1 Å². The van der Waals surface area contributed by atoms with Crippen molar-refractivity contribution in [2.45, 2.75) is 38.4 Å². The average Bonchev–Trinajstić information content (AvgIpc) is 3.12. The summed E-state index contributed by atoms with van der Waals surface area (Å²) in [4.78, 5) is 23.5. The molecule has 0 bridgehead atoms. The van der Waals surface area contributed by atoms with Crippen molar-refractivity contribution in [1.82, 2.24) is 19.6 Å². The van der Waals surface area contributed by atoms with Crippen LogP contribution in [0.1, 0.15) is 23.9 Å². The minimum absolute atomic E-state index is 0.0853. The maximum absolute atomic E-state index is 12.8. The Labute approximate surface area is 150 Å². The number of aromatic nitrogens is 4. The van der Waals surface area contributed by atoms with E-state index in [0.717, 1.165) is 23.5 Å². The lowest BCUT2D eigenvalue weighted by molar-refractivity contribution is -0.116. The molecule has 1 unspecified atom stereocenters. The Kier molecular flexibility index (Phi) is 3.95. The molecule has 6 nitrogen and oxygen atoms in total. The summed E-state index contributed by atoms with van der Waals surface area (Å²) in [5, 5.41) is 5.03. The van der Waals surface area contributed by atoms with Crippen LogP contribution in [0.3, 0.4) is 0 Å². The molecule has 7 heteroatoms. The largest absolute Gasteiger partial charge is 0.308 e. The number of hydrogen-bond donors (Lipinski definition) is 0. The third-order valence-electron chi connectivity index (χ3n) is 4.40. The van der Waals surface area contributed by atoms with Gasteiger partial charge in [-0.15, -0.1) is 5.10 Å². The fraction of sp³-hybridized carbons (Fsp3) is 0.333. The first kappa shape index (κ1) is 16.1. The van der Waals surface area contributed by atoms with Crippen LogP contribution in [-0.4, -0.2) is 37.3 Å². The fourth-order valence-electron chi connectivity index (χ4n) is 3.35. The maximum Gasteiger partial charge on any atom is 0.253 e. The van der Waals surface area contributed by atoms with E-state index in [1.54, 1.807) is 4.52 Å². The van der Waals surface area contributed by atoms with Crippen molar-refractivity contribution in [2.24, 2.45) is 0 Å². The normalized spacial score (nSPS) is 16.4. The molecule has 0 saturated heterocycles. The molecule has 0 spiro atoms. The molecular formula is C18H19N5OS. The number of nitrogens with zero attached hydrogens (tertiary/aromatic N) is 5. The van der Waals surface area contributed by atoms with Gasteiger partial charge in [-0.2, -0.15) is 4.98 Å². The number of hydrogen-bond acceptors (Lipinski definition) is 5. The monoisotopic (exact) mass is 353 g/mol. The third kappa shape index (κ3) is 2.89. The molecule has 1 aromatic carbocycles. The lowest BCUT2D eigenvalue weighted by Gasteiger charge is -2.22. The smallest absolute Gasteiger partial charge is 0.253 e. The van der Waals surface area contributed by atoms with E-state index in [9.17, 15) is 4.79 Å². The van der Waals surface area contributed by atoms with Gasteiger partial charge in [-0.25, -0.2) is 9.50 Å². The van der Waals surface area contributed by atoms with E-state index in [1.807, 2.05) is 43.0 Å². The van der Waals surface area contributed by atoms with E-state index in [1.165, 1.54) is 17.3 Å². The molecule has 4 rings (SSSR count). The van der Waals surface area contributed by atoms with Crippen molar-refractivity contribution in [2.75, 3.05) is 10.7 Å². The van der Waals surface area contributed by atoms with Gasteiger partial charge in [-0.05, 0) is 44.9 Å². The number of benzene rings is 1. The van der Waals surface area contributed by atoms with E-state index in [4.69, 9.17) is 0 Å². The molecule has 1 aliphatic heterocycles.